The molecule has 0 aliphatic heterocycles. The Balaban J connectivity index is 0.00000235. The molecule has 0 spiro atoms. The third-order valence-electron chi connectivity index (χ3n) is 5.58. The van der Waals surface area contributed by atoms with Gasteiger partial charge in [-0.1, -0.05) is 67.5 Å². The molecular weight excluding hydrogens is 480 g/mol. The van der Waals surface area contributed by atoms with E-state index >= 15 is 0 Å². The summed E-state index contributed by atoms with van der Waals surface area (Å²) in [5.74, 6) is 2.07. The van der Waals surface area contributed by atoms with Gasteiger partial charge in [-0.3, -0.25) is 0 Å². The maximum absolute atomic E-state index is 13.1. The number of rotatable bonds is 5. The predicted molar refractivity (Wildman–Crippen MR) is 154 cm³/mol. The SMILES string of the molecule is CC.CC(C)(C)Oc1ccc(Oc2ccc(S(=O)(=O)c3ccc(C(C)(C)C)cc3)cc2)c(C(C)(C)C)c1. The summed E-state index contributed by atoms with van der Waals surface area (Å²) in [4.78, 5) is 0.516. The molecule has 0 unspecified atom stereocenters. The second-order valence-corrected chi connectivity index (χ2v) is 13.9. The van der Waals surface area contributed by atoms with Crippen LogP contribution in [0.3, 0.4) is 0 Å². The van der Waals surface area contributed by atoms with Gasteiger partial charge in [0.05, 0.1) is 9.79 Å². The van der Waals surface area contributed by atoms with E-state index in [4.69, 9.17) is 9.47 Å². The van der Waals surface area contributed by atoms with E-state index in [1.54, 1.807) is 36.4 Å². The van der Waals surface area contributed by atoms with Crippen LogP contribution >= 0.6 is 0 Å². The van der Waals surface area contributed by atoms with Gasteiger partial charge in [0.15, 0.2) is 0 Å². The third kappa shape index (κ3) is 8.10. The molecule has 0 amide bonds. The first-order valence-electron chi connectivity index (χ1n) is 12.9. The minimum Gasteiger partial charge on any atom is -0.488 e. The van der Waals surface area contributed by atoms with Gasteiger partial charge in [0.2, 0.25) is 9.84 Å². The van der Waals surface area contributed by atoms with Crippen LogP contribution in [-0.4, -0.2) is 14.0 Å². The highest BCUT2D eigenvalue weighted by Crippen LogP contribution is 2.38. The fourth-order valence-electron chi connectivity index (χ4n) is 3.69. The molecule has 0 bridgehead atoms. The normalized spacial score (nSPS) is 12.4. The summed E-state index contributed by atoms with van der Waals surface area (Å²) < 4.78 is 38.5. The highest BCUT2D eigenvalue weighted by Gasteiger charge is 2.23. The summed E-state index contributed by atoms with van der Waals surface area (Å²) in [7, 11) is -3.62. The van der Waals surface area contributed by atoms with Gasteiger partial charge >= 0.3 is 0 Å². The summed E-state index contributed by atoms with van der Waals surface area (Å²) in [6.45, 7) is 22.7. The van der Waals surface area contributed by atoms with E-state index in [1.807, 2.05) is 65.0 Å². The molecule has 0 aliphatic carbocycles. The van der Waals surface area contributed by atoms with Gasteiger partial charge in [-0.25, -0.2) is 8.42 Å². The highest BCUT2D eigenvalue weighted by molar-refractivity contribution is 7.91. The summed E-state index contributed by atoms with van der Waals surface area (Å²) in [5.41, 5.74) is 1.59. The summed E-state index contributed by atoms with van der Waals surface area (Å²) in [5, 5.41) is 0. The number of hydrogen-bond donors (Lipinski definition) is 0. The minimum atomic E-state index is -3.62. The maximum Gasteiger partial charge on any atom is 0.206 e. The smallest absolute Gasteiger partial charge is 0.206 e. The van der Waals surface area contributed by atoms with Crippen molar-refractivity contribution in [1.29, 1.82) is 0 Å². The van der Waals surface area contributed by atoms with Crippen molar-refractivity contribution in [2.75, 3.05) is 0 Å². The fourth-order valence-corrected chi connectivity index (χ4v) is 4.95. The van der Waals surface area contributed by atoms with Crippen LogP contribution in [0.2, 0.25) is 0 Å². The van der Waals surface area contributed by atoms with E-state index in [-0.39, 0.29) is 26.2 Å². The maximum atomic E-state index is 13.1. The van der Waals surface area contributed by atoms with Crippen LogP contribution in [0.4, 0.5) is 0 Å². The van der Waals surface area contributed by atoms with Gasteiger partial charge < -0.3 is 9.47 Å². The number of benzene rings is 3. The zero-order valence-corrected chi connectivity index (χ0v) is 25.2. The van der Waals surface area contributed by atoms with Crippen molar-refractivity contribution in [3.05, 3.63) is 77.9 Å². The molecule has 0 saturated heterocycles. The zero-order valence-electron chi connectivity index (χ0n) is 24.4. The van der Waals surface area contributed by atoms with Crippen molar-refractivity contribution >= 4 is 9.84 Å². The van der Waals surface area contributed by atoms with Crippen LogP contribution in [0.15, 0.2) is 76.5 Å². The molecule has 202 valence electrons. The Hall–Kier alpha value is -2.79. The van der Waals surface area contributed by atoms with Crippen LogP contribution in [0, 0.1) is 0 Å². The van der Waals surface area contributed by atoms with Crippen LogP contribution in [0.1, 0.15) is 87.3 Å². The van der Waals surface area contributed by atoms with E-state index in [2.05, 4.69) is 41.5 Å². The molecule has 0 radical (unpaired) electrons. The molecule has 37 heavy (non-hydrogen) atoms. The van der Waals surface area contributed by atoms with Crippen LogP contribution in [-0.2, 0) is 20.7 Å². The Morgan fingerprint density at radius 3 is 1.49 bits per heavy atom. The molecule has 0 aromatic heterocycles. The van der Waals surface area contributed by atoms with Gasteiger partial charge in [0, 0.05) is 5.56 Å². The van der Waals surface area contributed by atoms with Crippen molar-refractivity contribution in [3.8, 4) is 17.2 Å². The van der Waals surface area contributed by atoms with Crippen LogP contribution < -0.4 is 9.47 Å². The standard InChI is InChI=1S/C30H38O4S.C2H6/c1-28(2,3)21-10-15-24(16-11-21)35(31,32)25-17-12-22(13-18-25)33-27-19-14-23(34-30(7,8)9)20-26(27)29(4,5)6;1-2/h10-20H,1-9H3;1-2H3. The largest absolute Gasteiger partial charge is 0.488 e. The highest BCUT2D eigenvalue weighted by atomic mass is 32.2. The predicted octanol–water partition coefficient (Wildman–Crippen LogP) is 9.11. The molecule has 0 aliphatic rings. The average Bonchev–Trinajstić information content (AvgIpc) is 2.79. The number of sulfone groups is 1. The van der Waals surface area contributed by atoms with E-state index in [0.717, 1.165) is 16.9 Å². The van der Waals surface area contributed by atoms with E-state index < -0.39 is 9.84 Å². The first kappa shape index (κ1) is 30.4. The Morgan fingerprint density at radius 2 is 1.05 bits per heavy atom. The molecule has 3 aromatic rings. The van der Waals surface area contributed by atoms with E-state index in [1.165, 1.54) is 0 Å². The first-order valence-corrected chi connectivity index (χ1v) is 14.4. The lowest BCUT2D eigenvalue weighted by Crippen LogP contribution is -2.23. The van der Waals surface area contributed by atoms with E-state index in [9.17, 15) is 8.42 Å². The van der Waals surface area contributed by atoms with Gasteiger partial charge in [-0.2, -0.15) is 0 Å². The molecule has 4 nitrogen and oxygen atoms in total. The lowest BCUT2D eigenvalue weighted by Gasteiger charge is -2.26. The van der Waals surface area contributed by atoms with Crippen LogP contribution in [0.25, 0.3) is 0 Å². The Labute approximate surface area is 225 Å². The lowest BCUT2D eigenvalue weighted by molar-refractivity contribution is 0.130. The zero-order chi connectivity index (χ0) is 28.2. The Kier molecular flexibility index (Phi) is 9.30. The van der Waals surface area contributed by atoms with Crippen LogP contribution in [0.5, 0.6) is 17.2 Å². The summed E-state index contributed by atoms with van der Waals surface area (Å²) in [6, 6.07) is 19.5. The Bertz CT molecular complexity index is 1270. The molecule has 0 N–H and O–H groups in total. The fraction of sp³-hybridized carbons (Fsp3) is 0.438. The lowest BCUT2D eigenvalue weighted by atomic mass is 9.86. The topological polar surface area (TPSA) is 52.6 Å². The molecule has 5 heteroatoms. The Morgan fingerprint density at radius 1 is 0.595 bits per heavy atom. The van der Waals surface area contributed by atoms with Gasteiger partial charge in [-0.15, -0.1) is 0 Å². The van der Waals surface area contributed by atoms with Crippen molar-refractivity contribution in [3.63, 3.8) is 0 Å². The van der Waals surface area contributed by atoms with Gasteiger partial charge in [0.1, 0.15) is 22.8 Å². The molecule has 0 heterocycles. The third-order valence-corrected chi connectivity index (χ3v) is 7.36. The van der Waals surface area contributed by atoms with Crippen molar-refractivity contribution in [2.24, 2.45) is 0 Å². The van der Waals surface area contributed by atoms with Crippen molar-refractivity contribution < 1.29 is 17.9 Å². The molecule has 0 saturated carbocycles. The molecule has 0 fully saturated rings. The number of hydrogen-bond acceptors (Lipinski definition) is 4. The average molecular weight is 525 g/mol. The monoisotopic (exact) mass is 524 g/mol. The van der Waals surface area contributed by atoms with Gasteiger partial charge in [-0.05, 0) is 91.8 Å². The minimum absolute atomic E-state index is 0.0374. The quantitative estimate of drug-likeness (QED) is 0.334. The van der Waals surface area contributed by atoms with Gasteiger partial charge in [0.25, 0.3) is 0 Å². The van der Waals surface area contributed by atoms with Crippen molar-refractivity contribution in [1.82, 2.24) is 0 Å². The first-order chi connectivity index (χ1) is 17.0. The molecule has 3 rings (SSSR count). The second-order valence-electron chi connectivity index (χ2n) is 12.0. The molecule has 3 aromatic carbocycles. The second kappa shape index (κ2) is 11.3. The summed E-state index contributed by atoms with van der Waals surface area (Å²) in [6.07, 6.45) is 0. The van der Waals surface area contributed by atoms with E-state index in [0.29, 0.717) is 11.5 Å². The number of ether oxygens (including phenoxy) is 2. The summed E-state index contributed by atoms with van der Waals surface area (Å²) >= 11 is 0. The molecule has 0 atom stereocenters. The van der Waals surface area contributed by atoms with Crippen molar-refractivity contribution in [2.45, 2.75) is 102 Å². The molecular formula is C32H44O4S.